The summed E-state index contributed by atoms with van der Waals surface area (Å²) in [5.74, 6) is -0.348. The zero-order valence-electron chi connectivity index (χ0n) is 22.5. The molecule has 0 aliphatic rings. The summed E-state index contributed by atoms with van der Waals surface area (Å²) in [5.41, 5.74) is 2.67. The molecule has 1 unspecified atom stereocenters. The molecule has 2 aromatic heterocycles. The first-order valence-corrected chi connectivity index (χ1v) is 13.3. The fraction of sp³-hybridized carbons (Fsp3) is 0.423. The van der Waals surface area contributed by atoms with Gasteiger partial charge in [0, 0.05) is 23.2 Å². The molecule has 10 nitrogen and oxygen atoms in total. The lowest BCUT2D eigenvalue weighted by atomic mass is 9.91. The molecule has 0 saturated heterocycles. The van der Waals surface area contributed by atoms with Crippen LogP contribution in [0.4, 0.5) is 10.5 Å². The van der Waals surface area contributed by atoms with E-state index in [1.54, 1.807) is 36.7 Å². The van der Waals surface area contributed by atoms with Gasteiger partial charge in [-0.3, -0.25) is 9.78 Å². The Bertz CT molecular complexity index is 1290. The van der Waals surface area contributed by atoms with Crippen molar-refractivity contribution in [2.75, 3.05) is 18.1 Å². The van der Waals surface area contributed by atoms with Crippen molar-refractivity contribution in [1.29, 1.82) is 0 Å². The molecule has 11 heteroatoms. The monoisotopic (exact) mass is 526 g/mol. The number of benzene rings is 1. The number of pyridine rings is 1. The number of rotatable bonds is 6. The van der Waals surface area contributed by atoms with Gasteiger partial charge in [0.25, 0.3) is 11.8 Å². The largest absolute Gasteiger partial charge is 0.612 e. The van der Waals surface area contributed by atoms with Gasteiger partial charge in [-0.2, -0.15) is 0 Å². The Morgan fingerprint density at radius 1 is 1.14 bits per heavy atom. The maximum Gasteiger partial charge on any atom is 0.414 e. The number of anilines is 1. The minimum Gasteiger partial charge on any atom is -0.612 e. The molecule has 198 valence electrons. The van der Waals surface area contributed by atoms with Crippen molar-refractivity contribution in [3.63, 3.8) is 0 Å². The highest BCUT2D eigenvalue weighted by atomic mass is 32.2. The summed E-state index contributed by atoms with van der Waals surface area (Å²) in [5, 5.41) is 13.5. The Balaban J connectivity index is 1.82. The van der Waals surface area contributed by atoms with Gasteiger partial charge in [0.15, 0.2) is 4.90 Å². The molecule has 0 saturated carbocycles. The molecule has 1 aromatic carbocycles. The molecular formula is C26H34N6O4S. The normalized spacial score (nSPS) is 12.7. The number of ether oxygens (including phenoxy) is 1. The van der Waals surface area contributed by atoms with E-state index in [0.29, 0.717) is 28.4 Å². The van der Waals surface area contributed by atoms with Crippen LogP contribution in [0.5, 0.6) is 5.88 Å². The van der Waals surface area contributed by atoms with Crippen LogP contribution in [-0.2, 0) is 16.6 Å². The van der Waals surface area contributed by atoms with Crippen molar-refractivity contribution >= 4 is 28.9 Å². The second-order valence-corrected chi connectivity index (χ2v) is 12.4. The van der Waals surface area contributed by atoms with Crippen LogP contribution in [0.15, 0.2) is 41.6 Å². The predicted octanol–water partition coefficient (Wildman–Crippen LogP) is 4.39. The van der Waals surface area contributed by atoms with E-state index in [1.165, 1.54) is 10.9 Å². The lowest BCUT2D eigenvalue weighted by Gasteiger charge is -2.20. The molecule has 2 N–H and O–H groups in total. The highest BCUT2D eigenvalue weighted by molar-refractivity contribution is 7.90. The molecule has 0 radical (unpaired) electrons. The average Bonchev–Trinajstić information content (AvgIpc) is 3.24. The minimum absolute atomic E-state index is 0.0298. The standard InChI is InChI=1S/C26H34N6O4S/c1-16-9-10-17(23(33)29-18-12-21(26(5,6)7)27-13-20(18)37(8)35)11-19(16)32-14-22(30-31-32)36-24(34)28-15-25(2,3)4/h9-14H,15H2,1-8H3,(H,28,34)(H,27,29,33). The second kappa shape index (κ2) is 10.9. The van der Waals surface area contributed by atoms with E-state index in [-0.39, 0.29) is 22.6 Å². The summed E-state index contributed by atoms with van der Waals surface area (Å²) in [7, 11) is 0. The fourth-order valence-electron chi connectivity index (χ4n) is 3.25. The van der Waals surface area contributed by atoms with Crippen LogP contribution in [0, 0.1) is 12.3 Å². The molecule has 1 atom stereocenters. The molecule has 37 heavy (non-hydrogen) atoms. The Hall–Kier alpha value is -3.44. The van der Waals surface area contributed by atoms with Crippen LogP contribution in [-0.4, -0.2) is 49.3 Å². The van der Waals surface area contributed by atoms with E-state index >= 15 is 0 Å². The Morgan fingerprint density at radius 2 is 1.84 bits per heavy atom. The highest BCUT2D eigenvalue weighted by Crippen LogP contribution is 2.28. The van der Waals surface area contributed by atoms with Crippen molar-refractivity contribution in [3.05, 3.63) is 53.5 Å². The van der Waals surface area contributed by atoms with Crippen LogP contribution < -0.4 is 15.4 Å². The lowest BCUT2D eigenvalue weighted by molar-refractivity contribution is 0.102. The molecule has 3 rings (SSSR count). The molecule has 2 amide bonds. The van der Waals surface area contributed by atoms with Crippen LogP contribution in [0.25, 0.3) is 5.69 Å². The van der Waals surface area contributed by atoms with Crippen LogP contribution in [0.3, 0.4) is 0 Å². The Morgan fingerprint density at radius 3 is 2.46 bits per heavy atom. The van der Waals surface area contributed by atoms with Gasteiger partial charge in [0.1, 0.15) is 11.9 Å². The number of nitrogens with zero attached hydrogens (tertiary/aromatic N) is 4. The third kappa shape index (κ3) is 7.53. The molecule has 0 spiro atoms. The molecule has 2 heterocycles. The lowest BCUT2D eigenvalue weighted by Crippen LogP contribution is -2.34. The Kier molecular flexibility index (Phi) is 8.28. The SMILES string of the molecule is Cc1ccc(C(=O)Nc2cc(C(C)(C)C)ncc2[S+](C)[O-])cc1-n1cc(OC(=O)NCC(C)(C)C)nn1. The summed E-state index contributed by atoms with van der Waals surface area (Å²) >= 11 is -1.34. The number of aryl methyl sites for hydroxylation is 1. The first kappa shape index (κ1) is 28.1. The van der Waals surface area contributed by atoms with Crippen molar-refractivity contribution < 1.29 is 18.9 Å². The maximum absolute atomic E-state index is 13.2. The first-order chi connectivity index (χ1) is 17.1. The maximum atomic E-state index is 13.2. The first-order valence-electron chi connectivity index (χ1n) is 11.8. The number of hydrogen-bond acceptors (Lipinski definition) is 7. The van der Waals surface area contributed by atoms with Gasteiger partial charge < -0.3 is 19.9 Å². The number of hydrogen-bond donors (Lipinski definition) is 2. The van der Waals surface area contributed by atoms with Gasteiger partial charge in [0.05, 0.1) is 18.1 Å². The van der Waals surface area contributed by atoms with Crippen molar-refractivity contribution in [2.45, 2.75) is 58.8 Å². The van der Waals surface area contributed by atoms with Crippen LogP contribution >= 0.6 is 0 Å². The zero-order valence-corrected chi connectivity index (χ0v) is 23.3. The number of carbonyl (C=O) groups excluding carboxylic acids is 2. The predicted molar refractivity (Wildman–Crippen MR) is 143 cm³/mol. The van der Waals surface area contributed by atoms with Crippen molar-refractivity contribution in [2.24, 2.45) is 5.41 Å². The fourth-order valence-corrected chi connectivity index (χ4v) is 3.87. The topological polar surface area (TPSA) is 134 Å². The molecule has 3 aromatic rings. The summed E-state index contributed by atoms with van der Waals surface area (Å²) in [4.78, 5) is 30.1. The van der Waals surface area contributed by atoms with Gasteiger partial charge in [0.2, 0.25) is 0 Å². The number of nitrogens with one attached hydrogen (secondary N) is 2. The van der Waals surface area contributed by atoms with Gasteiger partial charge in [-0.1, -0.05) is 57.9 Å². The van der Waals surface area contributed by atoms with Gasteiger partial charge >= 0.3 is 6.09 Å². The molecule has 0 aliphatic carbocycles. The van der Waals surface area contributed by atoms with E-state index in [4.69, 9.17) is 4.74 Å². The summed E-state index contributed by atoms with van der Waals surface area (Å²) in [6, 6.07) is 6.90. The molecule has 0 bridgehead atoms. The number of amides is 2. The highest BCUT2D eigenvalue weighted by Gasteiger charge is 2.22. The molecule has 0 fully saturated rings. The number of aromatic nitrogens is 4. The van der Waals surface area contributed by atoms with Gasteiger partial charge in [-0.15, -0.1) is 0 Å². The van der Waals surface area contributed by atoms with Gasteiger partial charge in [-0.05, 0) is 47.3 Å². The zero-order chi connectivity index (χ0) is 27.5. The summed E-state index contributed by atoms with van der Waals surface area (Å²) in [6.45, 7) is 14.3. The summed E-state index contributed by atoms with van der Waals surface area (Å²) in [6.07, 6.45) is 3.93. The van der Waals surface area contributed by atoms with Crippen molar-refractivity contribution in [1.82, 2.24) is 25.3 Å². The quantitative estimate of drug-likeness (QED) is 0.455. The van der Waals surface area contributed by atoms with Crippen molar-refractivity contribution in [3.8, 4) is 11.6 Å². The van der Waals surface area contributed by atoms with E-state index in [0.717, 1.165) is 11.3 Å². The third-order valence-corrected chi connectivity index (χ3v) is 6.29. The van der Waals surface area contributed by atoms with Gasteiger partial charge in [-0.25, -0.2) is 9.48 Å². The number of carbonyl (C=O) groups is 2. The van der Waals surface area contributed by atoms with E-state index in [2.05, 4.69) is 25.9 Å². The minimum atomic E-state index is -1.34. The van der Waals surface area contributed by atoms with Crippen LogP contribution in [0.1, 0.15) is 63.2 Å². The second-order valence-electron chi connectivity index (χ2n) is 11.0. The van der Waals surface area contributed by atoms with E-state index in [9.17, 15) is 14.1 Å². The third-order valence-electron chi connectivity index (χ3n) is 5.34. The molecular weight excluding hydrogens is 492 g/mol. The van der Waals surface area contributed by atoms with Crippen LogP contribution in [0.2, 0.25) is 0 Å². The molecule has 0 aliphatic heterocycles. The smallest absolute Gasteiger partial charge is 0.414 e. The van der Waals surface area contributed by atoms with E-state index in [1.807, 2.05) is 48.5 Å². The Labute approximate surface area is 220 Å². The average molecular weight is 527 g/mol. The summed E-state index contributed by atoms with van der Waals surface area (Å²) < 4.78 is 18.9. The van der Waals surface area contributed by atoms with E-state index < -0.39 is 17.3 Å².